The lowest BCUT2D eigenvalue weighted by Crippen LogP contribution is -2.62. The van der Waals surface area contributed by atoms with Crippen molar-refractivity contribution < 1.29 is 57.1 Å². The van der Waals surface area contributed by atoms with Gasteiger partial charge in [-0.3, -0.25) is 9.59 Å². The summed E-state index contributed by atoms with van der Waals surface area (Å²) in [6.07, 6.45) is -6.06. The normalized spacial score (nSPS) is 24.8. The van der Waals surface area contributed by atoms with E-state index < -0.39 is 61.6 Å². The molecular weight excluding hydrogens is 420 g/mol. The highest BCUT2D eigenvalue weighted by Crippen LogP contribution is 2.29. The number of methoxy groups -OCH3 is 1. The lowest BCUT2D eigenvalue weighted by atomic mass is 9.98. The Balaban J connectivity index is 3.16. The van der Waals surface area contributed by atoms with Crippen molar-refractivity contribution in [1.82, 2.24) is 0 Å². The maximum absolute atomic E-state index is 12.0. The molecular formula is C19H26O12. The van der Waals surface area contributed by atoms with Gasteiger partial charge in [0.2, 0.25) is 0 Å². The smallest absolute Gasteiger partial charge is 0.454 e. The van der Waals surface area contributed by atoms with Crippen LogP contribution in [0.2, 0.25) is 0 Å². The Morgan fingerprint density at radius 2 is 1.35 bits per heavy atom. The van der Waals surface area contributed by atoms with E-state index in [1.54, 1.807) is 0 Å². The lowest BCUT2D eigenvalue weighted by molar-refractivity contribution is -0.300. The van der Waals surface area contributed by atoms with Crippen LogP contribution in [0, 0.1) is 0 Å². The van der Waals surface area contributed by atoms with Crippen molar-refractivity contribution in [3.8, 4) is 0 Å². The van der Waals surface area contributed by atoms with Gasteiger partial charge in [-0.15, -0.1) is 0 Å². The van der Waals surface area contributed by atoms with E-state index >= 15 is 0 Å². The van der Waals surface area contributed by atoms with Gasteiger partial charge in [-0.1, -0.05) is 25.3 Å². The summed E-state index contributed by atoms with van der Waals surface area (Å²) in [5.41, 5.74) is 0. The largest absolute Gasteiger partial charge is 0.509 e. The molecule has 1 aliphatic heterocycles. The number of carbonyl (C=O) groups is 4. The van der Waals surface area contributed by atoms with Crippen LogP contribution in [0.1, 0.15) is 13.8 Å². The zero-order valence-electron chi connectivity index (χ0n) is 17.5. The summed E-state index contributed by atoms with van der Waals surface area (Å²) in [5, 5.41) is 0. The second kappa shape index (κ2) is 13.2. The van der Waals surface area contributed by atoms with Crippen molar-refractivity contribution in [2.75, 3.05) is 26.9 Å². The summed E-state index contributed by atoms with van der Waals surface area (Å²) in [5.74, 6) is -1.50. The number of esters is 2. The standard InChI is InChI=1S/C19H26O12/c1-6-8-25-18(22)27-10-13-14(31-19(23)26-9-7-2)15(28-11(3)20)16(29-12(4)21)17(24-5)30-13/h6-7,13-17H,1-2,8-10H2,3-5H3/t13-,14-,15+,16-,17+/m1/s1. The highest BCUT2D eigenvalue weighted by atomic mass is 16.8. The summed E-state index contributed by atoms with van der Waals surface area (Å²) in [4.78, 5) is 46.9. The Labute approximate surface area is 178 Å². The van der Waals surface area contributed by atoms with E-state index in [4.69, 9.17) is 37.9 Å². The molecule has 0 aromatic carbocycles. The predicted molar refractivity (Wildman–Crippen MR) is 101 cm³/mol. The average molecular weight is 446 g/mol. The van der Waals surface area contributed by atoms with E-state index in [-0.39, 0.29) is 13.2 Å². The van der Waals surface area contributed by atoms with Gasteiger partial charge < -0.3 is 37.9 Å². The number of ether oxygens (including phenoxy) is 8. The summed E-state index contributed by atoms with van der Waals surface area (Å²) in [6, 6.07) is 0. The van der Waals surface area contributed by atoms with Gasteiger partial charge in [-0.05, 0) is 0 Å². The van der Waals surface area contributed by atoms with Gasteiger partial charge in [-0.2, -0.15) is 0 Å². The Bertz CT molecular complexity index is 660. The molecule has 0 unspecified atom stereocenters. The maximum atomic E-state index is 12.0. The first-order valence-electron chi connectivity index (χ1n) is 9.10. The molecule has 1 fully saturated rings. The molecule has 1 saturated heterocycles. The first-order valence-corrected chi connectivity index (χ1v) is 9.10. The zero-order chi connectivity index (χ0) is 23.4. The van der Waals surface area contributed by atoms with Crippen LogP contribution in [0.5, 0.6) is 0 Å². The van der Waals surface area contributed by atoms with Crippen LogP contribution in [0.25, 0.3) is 0 Å². The molecule has 174 valence electrons. The third kappa shape index (κ3) is 8.64. The minimum Gasteiger partial charge on any atom is -0.454 e. The molecule has 31 heavy (non-hydrogen) atoms. The van der Waals surface area contributed by atoms with Crippen LogP contribution in [0.3, 0.4) is 0 Å². The Morgan fingerprint density at radius 3 is 1.87 bits per heavy atom. The number of carbonyl (C=O) groups excluding carboxylic acids is 4. The molecule has 0 aromatic heterocycles. The molecule has 0 N–H and O–H groups in total. The van der Waals surface area contributed by atoms with Gasteiger partial charge in [-0.25, -0.2) is 9.59 Å². The van der Waals surface area contributed by atoms with Crippen LogP contribution in [-0.4, -0.2) is 81.9 Å². The van der Waals surface area contributed by atoms with Crippen molar-refractivity contribution in [3.05, 3.63) is 25.3 Å². The summed E-state index contributed by atoms with van der Waals surface area (Å²) in [6.45, 7) is 8.30. The van der Waals surface area contributed by atoms with Crippen molar-refractivity contribution in [3.63, 3.8) is 0 Å². The van der Waals surface area contributed by atoms with Crippen LogP contribution in [0.4, 0.5) is 9.59 Å². The maximum Gasteiger partial charge on any atom is 0.509 e. The second-order valence-electron chi connectivity index (χ2n) is 6.02. The molecule has 0 aromatic rings. The van der Waals surface area contributed by atoms with E-state index in [0.29, 0.717) is 0 Å². The molecule has 1 heterocycles. The van der Waals surface area contributed by atoms with Crippen molar-refractivity contribution in [2.24, 2.45) is 0 Å². The number of rotatable bonds is 10. The molecule has 12 heteroatoms. The molecule has 1 aliphatic rings. The summed E-state index contributed by atoms with van der Waals surface area (Å²) < 4.78 is 40.9. The molecule has 12 nitrogen and oxygen atoms in total. The van der Waals surface area contributed by atoms with Gasteiger partial charge in [0, 0.05) is 21.0 Å². The van der Waals surface area contributed by atoms with Gasteiger partial charge in [0.05, 0.1) is 0 Å². The van der Waals surface area contributed by atoms with Gasteiger partial charge in [0.25, 0.3) is 0 Å². The monoisotopic (exact) mass is 446 g/mol. The molecule has 0 saturated carbocycles. The van der Waals surface area contributed by atoms with Crippen molar-refractivity contribution in [2.45, 2.75) is 44.6 Å². The molecule has 0 bridgehead atoms. The predicted octanol–water partition coefficient (Wildman–Crippen LogP) is 1.27. The first-order chi connectivity index (χ1) is 14.7. The molecule has 0 aliphatic carbocycles. The number of hydrogen-bond donors (Lipinski definition) is 0. The Morgan fingerprint density at radius 1 is 0.806 bits per heavy atom. The molecule has 0 amide bonds. The van der Waals surface area contributed by atoms with E-state index in [0.717, 1.165) is 13.8 Å². The fraction of sp³-hybridized carbons (Fsp3) is 0.579. The average Bonchev–Trinajstić information content (AvgIpc) is 2.71. The van der Waals surface area contributed by atoms with Gasteiger partial charge in [0.1, 0.15) is 25.9 Å². The molecule has 5 atom stereocenters. The van der Waals surface area contributed by atoms with Crippen LogP contribution < -0.4 is 0 Å². The van der Waals surface area contributed by atoms with E-state index in [2.05, 4.69) is 13.2 Å². The third-order valence-electron chi connectivity index (χ3n) is 3.66. The first kappa shape index (κ1) is 25.9. The fourth-order valence-corrected chi connectivity index (χ4v) is 2.58. The van der Waals surface area contributed by atoms with Gasteiger partial charge in [0.15, 0.2) is 24.6 Å². The van der Waals surface area contributed by atoms with E-state index in [1.807, 2.05) is 0 Å². The van der Waals surface area contributed by atoms with Crippen LogP contribution in [0.15, 0.2) is 25.3 Å². The topological polar surface area (TPSA) is 142 Å². The summed E-state index contributed by atoms with van der Waals surface area (Å²) in [7, 11) is 1.25. The Kier molecular flexibility index (Phi) is 11.1. The SMILES string of the molecule is C=CCOC(=O)OC[C@H]1O[C@H](OC)[C@H](OC(C)=O)[C@@H](OC(C)=O)[C@@H]1OC(=O)OCC=C. The number of hydrogen-bond acceptors (Lipinski definition) is 12. The fourth-order valence-electron chi connectivity index (χ4n) is 2.58. The minimum absolute atomic E-state index is 0.0938. The minimum atomic E-state index is -1.40. The van der Waals surface area contributed by atoms with E-state index in [1.165, 1.54) is 19.3 Å². The van der Waals surface area contributed by atoms with Crippen LogP contribution in [-0.2, 0) is 47.5 Å². The summed E-state index contributed by atoms with van der Waals surface area (Å²) >= 11 is 0. The van der Waals surface area contributed by atoms with Crippen molar-refractivity contribution in [1.29, 1.82) is 0 Å². The lowest BCUT2D eigenvalue weighted by Gasteiger charge is -2.43. The van der Waals surface area contributed by atoms with E-state index in [9.17, 15) is 19.2 Å². The Hall–Kier alpha value is -3.12. The quantitative estimate of drug-likeness (QED) is 0.271. The van der Waals surface area contributed by atoms with Crippen LogP contribution >= 0.6 is 0 Å². The highest BCUT2D eigenvalue weighted by Gasteiger charge is 2.53. The van der Waals surface area contributed by atoms with Crippen molar-refractivity contribution >= 4 is 24.2 Å². The molecule has 0 spiro atoms. The highest BCUT2D eigenvalue weighted by molar-refractivity contribution is 5.67. The molecule has 0 radical (unpaired) electrons. The molecule has 1 rings (SSSR count). The second-order valence-corrected chi connectivity index (χ2v) is 6.02. The zero-order valence-corrected chi connectivity index (χ0v) is 17.5. The third-order valence-corrected chi connectivity index (χ3v) is 3.66. The van der Waals surface area contributed by atoms with Gasteiger partial charge >= 0.3 is 24.2 Å².